The second kappa shape index (κ2) is 9.01. The van der Waals surface area contributed by atoms with E-state index in [2.05, 4.69) is 20.3 Å². The number of anilines is 1. The van der Waals surface area contributed by atoms with Crippen molar-refractivity contribution >= 4 is 34.3 Å². The Morgan fingerprint density at radius 3 is 2.76 bits per heavy atom. The van der Waals surface area contributed by atoms with Crippen molar-refractivity contribution in [1.82, 2.24) is 9.97 Å². The maximum atomic E-state index is 12.4. The molecule has 0 radical (unpaired) electrons. The number of esters is 1. The molecule has 0 amide bonds. The van der Waals surface area contributed by atoms with Gasteiger partial charge in [0, 0.05) is 23.1 Å². The van der Waals surface area contributed by atoms with Crippen LogP contribution in [0.5, 0.6) is 0 Å². The minimum Gasteiger partial charge on any atom is -0.466 e. The van der Waals surface area contributed by atoms with Crippen molar-refractivity contribution in [3.8, 4) is 0 Å². The third kappa shape index (κ3) is 4.98. The number of nitrogens with one attached hydrogen (secondary N) is 2. The van der Waals surface area contributed by atoms with E-state index in [0.29, 0.717) is 17.9 Å². The van der Waals surface area contributed by atoms with Crippen LogP contribution in [0.25, 0.3) is 10.8 Å². The maximum Gasteiger partial charge on any atom is 0.306 e. The first-order valence-electron chi connectivity index (χ1n) is 9.32. The zero-order valence-corrected chi connectivity index (χ0v) is 16.4. The van der Waals surface area contributed by atoms with Gasteiger partial charge in [-0.15, -0.1) is 0 Å². The van der Waals surface area contributed by atoms with Crippen molar-refractivity contribution in [2.45, 2.75) is 26.7 Å². The van der Waals surface area contributed by atoms with Crippen LogP contribution < -0.4 is 16.6 Å². The summed E-state index contributed by atoms with van der Waals surface area (Å²) >= 11 is 0. The van der Waals surface area contributed by atoms with Gasteiger partial charge in [0.15, 0.2) is 0 Å². The predicted octanol–water partition coefficient (Wildman–Crippen LogP) is 2.79. The number of guanidine groups is 1. The van der Waals surface area contributed by atoms with Gasteiger partial charge in [-0.05, 0) is 31.7 Å². The van der Waals surface area contributed by atoms with Crippen molar-refractivity contribution in [1.29, 1.82) is 0 Å². The highest BCUT2D eigenvalue weighted by atomic mass is 16.5. The zero-order valence-electron chi connectivity index (χ0n) is 16.4. The average molecular weight is 393 g/mol. The van der Waals surface area contributed by atoms with Gasteiger partial charge in [0.25, 0.3) is 5.56 Å². The van der Waals surface area contributed by atoms with E-state index >= 15 is 0 Å². The van der Waals surface area contributed by atoms with Crippen LogP contribution in [0.1, 0.15) is 24.6 Å². The summed E-state index contributed by atoms with van der Waals surface area (Å²) in [4.78, 5) is 34.9. The predicted molar refractivity (Wildman–Crippen MR) is 113 cm³/mol. The monoisotopic (exact) mass is 393 g/mol. The molecule has 0 aliphatic rings. The van der Waals surface area contributed by atoms with Gasteiger partial charge >= 0.3 is 5.97 Å². The lowest BCUT2D eigenvalue weighted by atomic mass is 10.1. The molecule has 2 aromatic carbocycles. The summed E-state index contributed by atoms with van der Waals surface area (Å²) in [5, 5.41) is 5.11. The number of hydrogen-bond acceptors (Lipinski definition) is 5. The molecule has 0 spiro atoms. The van der Waals surface area contributed by atoms with Crippen LogP contribution >= 0.6 is 0 Å². The first-order valence-corrected chi connectivity index (χ1v) is 9.32. The molecular weight excluding hydrogens is 370 g/mol. The minimum atomic E-state index is -0.350. The lowest BCUT2D eigenvalue weighted by Gasteiger charge is -2.09. The van der Waals surface area contributed by atoms with Crippen molar-refractivity contribution in [2.24, 2.45) is 10.7 Å². The van der Waals surface area contributed by atoms with E-state index in [9.17, 15) is 9.59 Å². The Bertz CT molecular complexity index is 1120. The number of benzene rings is 2. The second-order valence-corrected chi connectivity index (χ2v) is 6.41. The second-order valence-electron chi connectivity index (χ2n) is 6.41. The summed E-state index contributed by atoms with van der Waals surface area (Å²) in [6.45, 7) is 3.74. The number of aliphatic imine (C=N–C) groups is 1. The Balaban J connectivity index is 1.79. The fraction of sp³-hybridized carbons (Fsp3) is 0.238. The molecule has 0 bridgehead atoms. The maximum absolute atomic E-state index is 12.4. The van der Waals surface area contributed by atoms with Gasteiger partial charge in [0.2, 0.25) is 11.9 Å². The molecule has 0 atom stereocenters. The van der Waals surface area contributed by atoms with Crippen molar-refractivity contribution in [3.05, 3.63) is 64.1 Å². The molecule has 0 aliphatic carbocycles. The number of aromatic nitrogens is 2. The van der Waals surface area contributed by atoms with Crippen molar-refractivity contribution < 1.29 is 9.53 Å². The lowest BCUT2D eigenvalue weighted by molar-refractivity contribution is -0.143. The number of nitrogens with zero attached hydrogens (tertiary/aromatic N) is 2. The van der Waals surface area contributed by atoms with Crippen LogP contribution in [0, 0.1) is 6.92 Å². The van der Waals surface area contributed by atoms with E-state index in [1.165, 1.54) is 0 Å². The highest BCUT2D eigenvalue weighted by Crippen LogP contribution is 2.22. The molecule has 0 saturated heterocycles. The Hall–Kier alpha value is -3.68. The van der Waals surface area contributed by atoms with E-state index < -0.39 is 0 Å². The van der Waals surface area contributed by atoms with Crippen molar-refractivity contribution in [2.75, 3.05) is 11.9 Å². The van der Waals surface area contributed by atoms with Crippen LogP contribution in [0.15, 0.2) is 52.3 Å². The molecule has 0 aliphatic heterocycles. The molecular formula is C21H23N5O3. The average Bonchev–Trinajstić information content (AvgIpc) is 2.68. The first-order chi connectivity index (χ1) is 14.0. The van der Waals surface area contributed by atoms with Crippen LogP contribution in [0.2, 0.25) is 0 Å². The van der Waals surface area contributed by atoms with Gasteiger partial charge in [-0.25, -0.2) is 4.98 Å². The smallest absolute Gasteiger partial charge is 0.306 e. The van der Waals surface area contributed by atoms with Crippen LogP contribution in [0.3, 0.4) is 0 Å². The molecule has 4 N–H and O–H groups in total. The summed E-state index contributed by atoms with van der Waals surface area (Å²) < 4.78 is 4.89. The number of carbonyl (C=O) groups excluding carboxylic acids is 1. The van der Waals surface area contributed by atoms with Gasteiger partial charge < -0.3 is 15.8 Å². The number of rotatable bonds is 6. The van der Waals surface area contributed by atoms with Crippen molar-refractivity contribution in [3.63, 3.8) is 0 Å². The van der Waals surface area contributed by atoms with E-state index in [-0.39, 0.29) is 36.3 Å². The van der Waals surface area contributed by atoms with Gasteiger partial charge in [-0.3, -0.25) is 14.6 Å². The van der Waals surface area contributed by atoms with Crippen LogP contribution in [0.4, 0.5) is 11.6 Å². The Morgan fingerprint density at radius 1 is 1.24 bits per heavy atom. The third-order valence-electron chi connectivity index (χ3n) is 4.37. The SMILES string of the molecule is CCOC(=O)CCc1c(C)nc(/N=C(\N)Nc2cccc3ccccc23)[nH]c1=O. The summed E-state index contributed by atoms with van der Waals surface area (Å²) in [6.07, 6.45) is 0.369. The molecule has 0 saturated carbocycles. The summed E-state index contributed by atoms with van der Waals surface area (Å²) in [6, 6.07) is 13.7. The molecule has 0 fully saturated rings. The summed E-state index contributed by atoms with van der Waals surface area (Å²) in [5.41, 5.74) is 7.39. The quantitative estimate of drug-likeness (QED) is 0.336. The molecule has 3 rings (SSSR count). The molecule has 1 heterocycles. The van der Waals surface area contributed by atoms with Gasteiger partial charge in [-0.1, -0.05) is 36.4 Å². The van der Waals surface area contributed by atoms with E-state index in [0.717, 1.165) is 16.5 Å². The largest absolute Gasteiger partial charge is 0.466 e. The number of aryl methyl sites for hydroxylation is 1. The lowest BCUT2D eigenvalue weighted by Crippen LogP contribution is -2.23. The van der Waals surface area contributed by atoms with Gasteiger partial charge in [0.05, 0.1) is 12.3 Å². The highest BCUT2D eigenvalue weighted by Gasteiger charge is 2.11. The number of hydrogen-bond donors (Lipinski definition) is 3. The third-order valence-corrected chi connectivity index (χ3v) is 4.37. The van der Waals surface area contributed by atoms with E-state index in [1.54, 1.807) is 13.8 Å². The fourth-order valence-electron chi connectivity index (χ4n) is 3.02. The number of carbonyl (C=O) groups is 1. The van der Waals surface area contributed by atoms with Gasteiger partial charge in [0.1, 0.15) is 0 Å². The molecule has 8 nitrogen and oxygen atoms in total. The number of fused-ring (bicyclic) bond motifs is 1. The zero-order chi connectivity index (χ0) is 20.8. The minimum absolute atomic E-state index is 0.0950. The topological polar surface area (TPSA) is 122 Å². The summed E-state index contributed by atoms with van der Waals surface area (Å²) in [7, 11) is 0. The fourth-order valence-corrected chi connectivity index (χ4v) is 3.02. The molecule has 29 heavy (non-hydrogen) atoms. The molecule has 150 valence electrons. The summed E-state index contributed by atoms with van der Waals surface area (Å²) in [5.74, 6) is -0.155. The van der Waals surface area contributed by atoms with E-state index in [4.69, 9.17) is 10.5 Å². The Labute approximate surface area is 167 Å². The standard InChI is InChI=1S/C21H23N5O3/c1-3-29-18(27)12-11-15-13(2)23-21(25-19(15)28)26-20(22)24-17-10-6-8-14-7-4-5-9-16(14)17/h4-10H,3,11-12H2,1-2H3,(H4,22,23,24,25,26,28). The number of H-pyrrole nitrogens is 1. The Morgan fingerprint density at radius 2 is 2.00 bits per heavy atom. The highest BCUT2D eigenvalue weighted by molar-refractivity contribution is 6.03. The van der Waals surface area contributed by atoms with Crippen LogP contribution in [-0.2, 0) is 16.0 Å². The van der Waals surface area contributed by atoms with E-state index in [1.807, 2.05) is 42.5 Å². The number of nitrogens with two attached hydrogens (primary N) is 1. The molecule has 8 heteroatoms. The van der Waals surface area contributed by atoms with Crippen LogP contribution in [-0.4, -0.2) is 28.5 Å². The molecule has 1 aromatic heterocycles. The number of ether oxygens (including phenoxy) is 1. The number of aromatic amines is 1. The first kappa shape index (κ1) is 20.1. The molecule has 0 unspecified atom stereocenters. The normalized spacial score (nSPS) is 11.4. The Kier molecular flexibility index (Phi) is 6.23. The molecule has 3 aromatic rings. The van der Waals surface area contributed by atoms with Gasteiger partial charge in [-0.2, -0.15) is 4.99 Å².